The van der Waals surface area contributed by atoms with E-state index in [0.29, 0.717) is 17.4 Å². The van der Waals surface area contributed by atoms with Gasteiger partial charge in [0.05, 0.1) is 0 Å². The van der Waals surface area contributed by atoms with Crippen molar-refractivity contribution in [3.8, 4) is 0 Å². The van der Waals surface area contributed by atoms with Gasteiger partial charge in [0, 0.05) is 10.5 Å². The highest BCUT2D eigenvalue weighted by molar-refractivity contribution is 9.10. The van der Waals surface area contributed by atoms with Crippen molar-refractivity contribution < 1.29 is 4.39 Å². The Labute approximate surface area is 136 Å². The third-order valence-corrected chi connectivity index (χ3v) is 5.76. The summed E-state index contributed by atoms with van der Waals surface area (Å²) in [5, 5.41) is 3.66. The van der Waals surface area contributed by atoms with Gasteiger partial charge in [-0.2, -0.15) is 0 Å². The number of hydrogen-bond donors (Lipinski definition) is 1. The second kappa shape index (κ2) is 7.23. The molecule has 1 aromatic carbocycles. The molecule has 0 radical (unpaired) electrons. The number of rotatable bonds is 5. The number of likely N-dealkylation sites (N-methyl/N-ethyl adjacent to an activating group) is 1. The summed E-state index contributed by atoms with van der Waals surface area (Å²) in [5.74, 6) is 0.507. The molecule has 0 amide bonds. The predicted molar refractivity (Wildman–Crippen MR) is 91.0 cm³/mol. The van der Waals surface area contributed by atoms with Crippen molar-refractivity contribution in [2.45, 2.75) is 58.9 Å². The van der Waals surface area contributed by atoms with Crippen LogP contribution in [0.5, 0.6) is 0 Å². The van der Waals surface area contributed by atoms with E-state index in [0.717, 1.165) is 23.0 Å². The zero-order valence-electron chi connectivity index (χ0n) is 13.4. The lowest BCUT2D eigenvalue weighted by atomic mass is 9.65. The van der Waals surface area contributed by atoms with Crippen LogP contribution in [0.15, 0.2) is 22.7 Å². The number of halogens is 2. The Balaban J connectivity index is 2.20. The van der Waals surface area contributed by atoms with Crippen molar-refractivity contribution in [1.29, 1.82) is 0 Å². The molecule has 118 valence electrons. The molecule has 3 heteroatoms. The summed E-state index contributed by atoms with van der Waals surface area (Å²) in [6.45, 7) is 7.90. The van der Waals surface area contributed by atoms with E-state index in [4.69, 9.17) is 0 Å². The standard InChI is InChI=1S/C18H27BrFN/c1-4-21-17(15-7-5-6-10-18(15,2)3)12-13-11-14(20)8-9-16(13)19/h8-9,11,15,17,21H,4-7,10,12H2,1-3H3. The quantitative estimate of drug-likeness (QED) is 0.752. The first kappa shape index (κ1) is 17.0. The van der Waals surface area contributed by atoms with Crippen LogP contribution in [0.25, 0.3) is 0 Å². The SMILES string of the molecule is CCNC(Cc1cc(F)ccc1Br)C1CCCCC1(C)C. The second-order valence-corrected chi connectivity index (χ2v) is 7.80. The van der Waals surface area contributed by atoms with Gasteiger partial charge in [-0.1, -0.05) is 49.5 Å². The van der Waals surface area contributed by atoms with E-state index in [1.54, 1.807) is 6.07 Å². The third-order valence-electron chi connectivity index (χ3n) is 4.99. The Morgan fingerprint density at radius 1 is 1.38 bits per heavy atom. The van der Waals surface area contributed by atoms with Crippen molar-refractivity contribution in [3.63, 3.8) is 0 Å². The van der Waals surface area contributed by atoms with E-state index < -0.39 is 0 Å². The molecule has 0 saturated heterocycles. The number of hydrogen-bond acceptors (Lipinski definition) is 1. The van der Waals surface area contributed by atoms with E-state index >= 15 is 0 Å². The molecule has 2 unspecified atom stereocenters. The average Bonchev–Trinajstić information content (AvgIpc) is 2.42. The van der Waals surface area contributed by atoms with Crippen molar-refractivity contribution in [2.24, 2.45) is 11.3 Å². The number of nitrogens with one attached hydrogen (secondary N) is 1. The molecular weight excluding hydrogens is 329 g/mol. The highest BCUT2D eigenvalue weighted by atomic mass is 79.9. The monoisotopic (exact) mass is 355 g/mol. The summed E-state index contributed by atoms with van der Waals surface area (Å²) < 4.78 is 14.6. The summed E-state index contributed by atoms with van der Waals surface area (Å²) in [5.41, 5.74) is 1.44. The van der Waals surface area contributed by atoms with Crippen LogP contribution >= 0.6 is 15.9 Å². The summed E-state index contributed by atoms with van der Waals surface area (Å²) in [4.78, 5) is 0. The maximum Gasteiger partial charge on any atom is 0.123 e. The molecule has 2 atom stereocenters. The van der Waals surface area contributed by atoms with Gasteiger partial charge in [0.1, 0.15) is 5.82 Å². The molecule has 1 N–H and O–H groups in total. The van der Waals surface area contributed by atoms with Crippen molar-refractivity contribution in [1.82, 2.24) is 5.32 Å². The maximum absolute atomic E-state index is 13.5. The first-order valence-electron chi connectivity index (χ1n) is 8.11. The Morgan fingerprint density at radius 2 is 2.14 bits per heavy atom. The molecular formula is C18H27BrFN. The average molecular weight is 356 g/mol. The summed E-state index contributed by atoms with van der Waals surface area (Å²) in [7, 11) is 0. The van der Waals surface area contributed by atoms with Crippen LogP contribution in [0.1, 0.15) is 52.0 Å². The fraction of sp³-hybridized carbons (Fsp3) is 0.667. The Bertz CT molecular complexity index is 472. The van der Waals surface area contributed by atoms with Crippen LogP contribution in [0.4, 0.5) is 4.39 Å². The maximum atomic E-state index is 13.5. The van der Waals surface area contributed by atoms with Gasteiger partial charge in [0.2, 0.25) is 0 Å². The van der Waals surface area contributed by atoms with Crippen LogP contribution in [-0.2, 0) is 6.42 Å². The predicted octanol–water partition coefficient (Wildman–Crippen LogP) is 5.33. The van der Waals surface area contributed by atoms with Gasteiger partial charge in [-0.05, 0) is 60.9 Å². The molecule has 1 nitrogen and oxygen atoms in total. The highest BCUT2D eigenvalue weighted by Crippen LogP contribution is 2.43. The fourth-order valence-electron chi connectivity index (χ4n) is 3.82. The first-order chi connectivity index (χ1) is 9.94. The molecule has 1 fully saturated rings. The van der Waals surface area contributed by atoms with Crippen molar-refractivity contribution in [3.05, 3.63) is 34.1 Å². The van der Waals surface area contributed by atoms with Gasteiger partial charge in [-0.15, -0.1) is 0 Å². The lowest BCUT2D eigenvalue weighted by molar-refractivity contribution is 0.0987. The van der Waals surface area contributed by atoms with E-state index in [-0.39, 0.29) is 5.82 Å². The minimum atomic E-state index is -0.147. The molecule has 0 heterocycles. The van der Waals surface area contributed by atoms with E-state index in [2.05, 4.69) is 42.0 Å². The van der Waals surface area contributed by atoms with E-state index in [1.807, 2.05) is 6.07 Å². The molecule has 0 aromatic heterocycles. The molecule has 0 spiro atoms. The van der Waals surface area contributed by atoms with E-state index in [9.17, 15) is 4.39 Å². The molecule has 1 aliphatic rings. The van der Waals surface area contributed by atoms with Gasteiger partial charge in [-0.3, -0.25) is 0 Å². The Morgan fingerprint density at radius 3 is 2.81 bits per heavy atom. The van der Waals surface area contributed by atoms with Crippen LogP contribution in [-0.4, -0.2) is 12.6 Å². The summed E-state index contributed by atoms with van der Waals surface area (Å²) in [6, 6.07) is 5.42. The molecule has 21 heavy (non-hydrogen) atoms. The van der Waals surface area contributed by atoms with Crippen LogP contribution < -0.4 is 5.32 Å². The Kier molecular flexibility index (Phi) is 5.84. The minimum Gasteiger partial charge on any atom is -0.314 e. The third kappa shape index (κ3) is 4.29. The van der Waals surface area contributed by atoms with Gasteiger partial charge < -0.3 is 5.32 Å². The lowest BCUT2D eigenvalue weighted by Gasteiger charge is -2.43. The second-order valence-electron chi connectivity index (χ2n) is 6.94. The van der Waals surface area contributed by atoms with Gasteiger partial charge in [0.15, 0.2) is 0 Å². The first-order valence-corrected chi connectivity index (χ1v) is 8.90. The lowest BCUT2D eigenvalue weighted by Crippen LogP contribution is -2.46. The summed E-state index contributed by atoms with van der Waals surface area (Å²) >= 11 is 3.57. The molecule has 0 bridgehead atoms. The van der Waals surface area contributed by atoms with Gasteiger partial charge >= 0.3 is 0 Å². The zero-order chi connectivity index (χ0) is 15.5. The molecule has 1 aliphatic carbocycles. The van der Waals surface area contributed by atoms with Gasteiger partial charge in [-0.25, -0.2) is 4.39 Å². The molecule has 2 rings (SSSR count). The van der Waals surface area contributed by atoms with Crippen molar-refractivity contribution >= 4 is 15.9 Å². The van der Waals surface area contributed by atoms with Crippen LogP contribution in [0, 0.1) is 17.2 Å². The minimum absolute atomic E-state index is 0.147. The highest BCUT2D eigenvalue weighted by Gasteiger charge is 2.37. The molecule has 1 saturated carbocycles. The van der Waals surface area contributed by atoms with E-state index in [1.165, 1.54) is 31.7 Å². The van der Waals surface area contributed by atoms with Crippen LogP contribution in [0.3, 0.4) is 0 Å². The van der Waals surface area contributed by atoms with Crippen LogP contribution in [0.2, 0.25) is 0 Å². The normalized spacial score (nSPS) is 23.0. The Hall–Kier alpha value is -0.410. The fourth-order valence-corrected chi connectivity index (χ4v) is 4.23. The van der Waals surface area contributed by atoms with Gasteiger partial charge in [0.25, 0.3) is 0 Å². The molecule has 1 aromatic rings. The molecule has 0 aliphatic heterocycles. The smallest absolute Gasteiger partial charge is 0.123 e. The topological polar surface area (TPSA) is 12.0 Å². The zero-order valence-corrected chi connectivity index (χ0v) is 15.0. The van der Waals surface area contributed by atoms with Crippen molar-refractivity contribution in [2.75, 3.05) is 6.54 Å². The number of benzene rings is 1. The summed E-state index contributed by atoms with van der Waals surface area (Å²) in [6.07, 6.45) is 6.12. The largest absolute Gasteiger partial charge is 0.314 e.